The molecule has 2 heterocycles. The summed E-state index contributed by atoms with van der Waals surface area (Å²) in [5.41, 5.74) is 0.0759. The van der Waals surface area contributed by atoms with E-state index in [1.807, 2.05) is 44.2 Å². The normalized spacial score (nSPS) is 16.2. The van der Waals surface area contributed by atoms with Gasteiger partial charge in [0.1, 0.15) is 11.4 Å². The van der Waals surface area contributed by atoms with Gasteiger partial charge in [-0.25, -0.2) is 4.98 Å². The molecule has 1 N–H and O–H groups in total. The number of carbonyl (C=O) groups excluding carboxylic acids is 1. The van der Waals surface area contributed by atoms with Gasteiger partial charge in [-0.2, -0.15) is 5.10 Å². The minimum absolute atomic E-state index is 0.00949. The number of hydrogen-bond donors (Lipinski definition) is 1. The first-order valence-electron chi connectivity index (χ1n) is 8.30. The maximum absolute atomic E-state index is 12.6. The summed E-state index contributed by atoms with van der Waals surface area (Å²) in [6.07, 6.45) is 1.91. The second kappa shape index (κ2) is 7.23. The average molecular weight is 329 g/mol. The number of Topliss-reactive ketones (excluding diaryl/α,β-unsaturated/α-hetero) is 1. The van der Waals surface area contributed by atoms with Crippen molar-refractivity contribution in [1.82, 2.24) is 15.2 Å². The number of hydrogen-bond acceptors (Lipinski definition) is 5. The second-order valence-electron chi connectivity index (χ2n) is 6.51. The summed E-state index contributed by atoms with van der Waals surface area (Å²) in [5, 5.41) is 7.04. The van der Waals surface area contributed by atoms with Crippen LogP contribution in [0.3, 0.4) is 0 Å². The third-order valence-corrected chi connectivity index (χ3v) is 4.19. The molecule has 0 spiro atoms. The Bertz CT molecular complexity index is 676. The molecule has 24 heavy (non-hydrogen) atoms. The lowest BCUT2D eigenvalue weighted by atomic mass is 9.99. The summed E-state index contributed by atoms with van der Waals surface area (Å²) in [4.78, 5) is 17.0. The number of benzene rings is 1. The minimum Gasteiger partial charge on any atom is -0.381 e. The standard InChI is InChI=1S/C18H23N3O3/c1-18(2,24-14-8-10-23-11-9-14)15(22)12-16-19-17(21-20-16)13-6-4-3-5-7-13/h3-7,14H,8-12H2,1-2H3,(H,19,20,21). The Hall–Kier alpha value is -2.05. The quantitative estimate of drug-likeness (QED) is 0.881. The molecule has 0 saturated carbocycles. The van der Waals surface area contributed by atoms with Gasteiger partial charge in [0.2, 0.25) is 0 Å². The number of ketones is 1. The molecular formula is C18H23N3O3. The fraction of sp³-hybridized carbons (Fsp3) is 0.500. The Morgan fingerprint density at radius 3 is 2.71 bits per heavy atom. The molecule has 0 amide bonds. The molecule has 0 bridgehead atoms. The van der Waals surface area contributed by atoms with Gasteiger partial charge in [0, 0.05) is 18.8 Å². The Balaban J connectivity index is 1.62. The van der Waals surface area contributed by atoms with Crippen molar-refractivity contribution in [2.75, 3.05) is 13.2 Å². The van der Waals surface area contributed by atoms with Gasteiger partial charge in [-0.3, -0.25) is 9.89 Å². The van der Waals surface area contributed by atoms with Gasteiger partial charge < -0.3 is 9.47 Å². The zero-order valence-electron chi connectivity index (χ0n) is 14.1. The van der Waals surface area contributed by atoms with Gasteiger partial charge in [0.15, 0.2) is 11.6 Å². The molecule has 1 aromatic heterocycles. The summed E-state index contributed by atoms with van der Waals surface area (Å²) in [7, 11) is 0. The van der Waals surface area contributed by atoms with Gasteiger partial charge in [0.25, 0.3) is 0 Å². The van der Waals surface area contributed by atoms with Crippen molar-refractivity contribution in [2.24, 2.45) is 0 Å². The Morgan fingerprint density at radius 1 is 1.29 bits per heavy atom. The van der Waals surface area contributed by atoms with Crippen LogP contribution in [0.5, 0.6) is 0 Å². The van der Waals surface area contributed by atoms with Crippen LogP contribution in [0, 0.1) is 0 Å². The highest BCUT2D eigenvalue weighted by molar-refractivity contribution is 5.88. The van der Waals surface area contributed by atoms with E-state index in [0.29, 0.717) is 24.9 Å². The van der Waals surface area contributed by atoms with Gasteiger partial charge in [-0.1, -0.05) is 30.3 Å². The SMILES string of the molecule is CC(C)(OC1CCOCC1)C(=O)Cc1nc(-c2ccccc2)n[nH]1. The second-order valence-corrected chi connectivity index (χ2v) is 6.51. The Kier molecular flexibility index (Phi) is 5.06. The fourth-order valence-corrected chi connectivity index (χ4v) is 2.73. The van der Waals surface area contributed by atoms with E-state index in [4.69, 9.17) is 9.47 Å². The lowest BCUT2D eigenvalue weighted by molar-refractivity contribution is -0.153. The van der Waals surface area contributed by atoms with Gasteiger partial charge >= 0.3 is 0 Å². The molecular weight excluding hydrogens is 306 g/mol. The molecule has 1 fully saturated rings. The average Bonchev–Trinajstić information content (AvgIpc) is 3.05. The van der Waals surface area contributed by atoms with E-state index in [1.54, 1.807) is 0 Å². The molecule has 0 radical (unpaired) electrons. The summed E-state index contributed by atoms with van der Waals surface area (Å²) in [6.45, 7) is 5.02. The van der Waals surface area contributed by atoms with Crippen LogP contribution in [0.25, 0.3) is 11.4 Å². The first kappa shape index (κ1) is 16.8. The van der Waals surface area contributed by atoms with Crippen molar-refractivity contribution in [1.29, 1.82) is 0 Å². The monoisotopic (exact) mass is 329 g/mol. The summed E-state index contributed by atoms with van der Waals surface area (Å²) in [5.74, 6) is 1.15. The maximum Gasteiger partial charge on any atom is 0.181 e. The zero-order chi connectivity index (χ0) is 17.0. The van der Waals surface area contributed by atoms with Crippen LogP contribution in [-0.4, -0.2) is 45.9 Å². The first-order valence-corrected chi connectivity index (χ1v) is 8.30. The molecule has 128 valence electrons. The first-order chi connectivity index (χ1) is 11.5. The number of aromatic amines is 1. The lowest BCUT2D eigenvalue weighted by Crippen LogP contribution is -2.41. The number of nitrogens with zero attached hydrogens (tertiary/aromatic N) is 2. The van der Waals surface area contributed by atoms with Crippen molar-refractivity contribution in [2.45, 2.75) is 44.8 Å². The molecule has 0 aliphatic carbocycles. The number of rotatable bonds is 6. The predicted molar refractivity (Wildman–Crippen MR) is 89.5 cm³/mol. The smallest absolute Gasteiger partial charge is 0.181 e. The molecule has 6 heteroatoms. The molecule has 6 nitrogen and oxygen atoms in total. The number of nitrogens with one attached hydrogen (secondary N) is 1. The molecule has 0 unspecified atom stereocenters. The topological polar surface area (TPSA) is 77.1 Å². The van der Waals surface area contributed by atoms with E-state index >= 15 is 0 Å². The molecule has 1 aliphatic heterocycles. The molecule has 1 aromatic carbocycles. The Labute approximate surface area is 141 Å². The summed E-state index contributed by atoms with van der Waals surface area (Å²) >= 11 is 0. The summed E-state index contributed by atoms with van der Waals surface area (Å²) in [6, 6.07) is 9.68. The maximum atomic E-state index is 12.6. The fourth-order valence-electron chi connectivity index (χ4n) is 2.73. The van der Waals surface area contributed by atoms with Gasteiger partial charge in [-0.05, 0) is 26.7 Å². The van der Waals surface area contributed by atoms with E-state index in [1.165, 1.54) is 0 Å². The van der Waals surface area contributed by atoms with E-state index in [0.717, 1.165) is 18.4 Å². The number of aromatic nitrogens is 3. The van der Waals surface area contributed by atoms with E-state index in [9.17, 15) is 4.79 Å². The molecule has 3 rings (SSSR count). The highest BCUT2D eigenvalue weighted by atomic mass is 16.5. The largest absolute Gasteiger partial charge is 0.381 e. The van der Waals surface area contributed by atoms with Gasteiger partial charge in [0.05, 0.1) is 12.5 Å². The predicted octanol–water partition coefficient (Wildman–Crippen LogP) is 2.56. The van der Waals surface area contributed by atoms with Crippen LogP contribution in [0.1, 0.15) is 32.5 Å². The number of H-pyrrole nitrogens is 1. The van der Waals surface area contributed by atoms with E-state index in [2.05, 4.69) is 15.2 Å². The van der Waals surface area contributed by atoms with Crippen LogP contribution in [0.15, 0.2) is 30.3 Å². The number of carbonyl (C=O) groups is 1. The van der Waals surface area contributed by atoms with Crippen molar-refractivity contribution in [3.8, 4) is 11.4 Å². The molecule has 1 aliphatic rings. The van der Waals surface area contributed by atoms with Crippen LogP contribution < -0.4 is 0 Å². The van der Waals surface area contributed by atoms with Crippen molar-refractivity contribution >= 4 is 5.78 Å². The van der Waals surface area contributed by atoms with Crippen LogP contribution in [0.2, 0.25) is 0 Å². The highest BCUT2D eigenvalue weighted by Gasteiger charge is 2.32. The number of ether oxygens (including phenoxy) is 2. The van der Waals surface area contributed by atoms with E-state index in [-0.39, 0.29) is 18.3 Å². The third-order valence-electron chi connectivity index (χ3n) is 4.19. The summed E-state index contributed by atoms with van der Waals surface area (Å²) < 4.78 is 11.3. The van der Waals surface area contributed by atoms with Crippen LogP contribution in [-0.2, 0) is 20.7 Å². The molecule has 1 saturated heterocycles. The van der Waals surface area contributed by atoms with Crippen molar-refractivity contribution in [3.63, 3.8) is 0 Å². The van der Waals surface area contributed by atoms with E-state index < -0.39 is 5.60 Å². The highest BCUT2D eigenvalue weighted by Crippen LogP contribution is 2.22. The zero-order valence-corrected chi connectivity index (χ0v) is 14.1. The van der Waals surface area contributed by atoms with Gasteiger partial charge in [-0.15, -0.1) is 0 Å². The molecule has 0 atom stereocenters. The van der Waals surface area contributed by atoms with Crippen molar-refractivity contribution < 1.29 is 14.3 Å². The van der Waals surface area contributed by atoms with Crippen molar-refractivity contribution in [3.05, 3.63) is 36.2 Å². The lowest BCUT2D eigenvalue weighted by Gasteiger charge is -2.31. The molecule has 2 aromatic rings. The third kappa shape index (κ3) is 4.07. The van der Waals surface area contributed by atoms with Crippen LogP contribution in [0.4, 0.5) is 0 Å². The van der Waals surface area contributed by atoms with Crippen LogP contribution >= 0.6 is 0 Å². The Morgan fingerprint density at radius 2 is 2.00 bits per heavy atom. The minimum atomic E-state index is -0.846.